The van der Waals surface area contributed by atoms with E-state index in [2.05, 4.69) is 53.6 Å². The van der Waals surface area contributed by atoms with Crippen LogP contribution in [-0.4, -0.2) is 75.5 Å². The van der Waals surface area contributed by atoms with E-state index in [1.807, 2.05) is 30.5 Å². The predicted molar refractivity (Wildman–Crippen MR) is 177 cm³/mol. The lowest BCUT2D eigenvalue weighted by molar-refractivity contribution is 0.162. The van der Waals surface area contributed by atoms with Gasteiger partial charge in [0.15, 0.2) is 0 Å². The number of halogens is 1. The molecule has 0 unspecified atom stereocenters. The summed E-state index contributed by atoms with van der Waals surface area (Å²) in [5.41, 5.74) is 6.79. The number of fused-ring (bicyclic) bond motifs is 2. The standard InChI is InChI=1S/C36H36FN7O2/c37-26-15-24(16-28(19-26)45-14-13-44-11-1-2-12-44)35-31-20-34(41-32(31)7-10-40-35)36-30-18-23(3-4-33(30)42-43-36)25-17-29(22-39-21-25)46-27-5-8-38-9-6-27/h3-4,7,10,15-22,27,38,41H,1-2,5-6,8-9,11-14H2,(H,42,43). The van der Waals surface area contributed by atoms with Crippen molar-refractivity contribution in [2.45, 2.75) is 31.8 Å². The highest BCUT2D eigenvalue weighted by molar-refractivity contribution is 6.01. The molecule has 0 aliphatic carbocycles. The van der Waals surface area contributed by atoms with E-state index in [1.165, 1.54) is 25.0 Å². The third kappa shape index (κ3) is 5.93. The minimum Gasteiger partial charge on any atom is -0.492 e. The molecule has 0 radical (unpaired) electrons. The first-order chi connectivity index (χ1) is 22.7. The second-order valence-electron chi connectivity index (χ2n) is 12.2. The zero-order valence-electron chi connectivity index (χ0n) is 25.6. The number of aromatic nitrogens is 5. The molecule has 2 saturated heterocycles. The van der Waals surface area contributed by atoms with Gasteiger partial charge in [0.2, 0.25) is 0 Å². The zero-order valence-corrected chi connectivity index (χ0v) is 25.6. The quantitative estimate of drug-likeness (QED) is 0.168. The van der Waals surface area contributed by atoms with E-state index in [0.29, 0.717) is 23.6 Å². The van der Waals surface area contributed by atoms with Gasteiger partial charge in [0.25, 0.3) is 0 Å². The van der Waals surface area contributed by atoms with Crippen molar-refractivity contribution in [2.75, 3.05) is 39.3 Å². The van der Waals surface area contributed by atoms with Crippen molar-refractivity contribution in [1.29, 1.82) is 0 Å². The molecule has 2 aliphatic rings. The number of H-pyrrole nitrogens is 2. The Labute approximate surface area is 266 Å². The van der Waals surface area contributed by atoms with Crippen LogP contribution in [0.4, 0.5) is 4.39 Å². The molecule has 3 N–H and O–H groups in total. The summed E-state index contributed by atoms with van der Waals surface area (Å²) in [6, 6.07) is 17.1. The van der Waals surface area contributed by atoms with E-state index in [-0.39, 0.29) is 11.9 Å². The van der Waals surface area contributed by atoms with Gasteiger partial charge in [-0.05, 0) is 99.9 Å². The van der Waals surface area contributed by atoms with Crippen molar-refractivity contribution in [3.8, 4) is 45.3 Å². The summed E-state index contributed by atoms with van der Waals surface area (Å²) in [6.45, 7) is 5.51. The Morgan fingerprint density at radius 3 is 2.57 bits per heavy atom. The summed E-state index contributed by atoms with van der Waals surface area (Å²) in [5.74, 6) is 0.938. The molecular weight excluding hydrogens is 581 g/mol. The first-order valence-corrected chi connectivity index (χ1v) is 16.1. The second kappa shape index (κ2) is 12.5. The maximum atomic E-state index is 14.8. The zero-order chi connectivity index (χ0) is 30.9. The van der Waals surface area contributed by atoms with E-state index >= 15 is 0 Å². The predicted octanol–water partition coefficient (Wildman–Crippen LogP) is 6.58. The lowest BCUT2D eigenvalue weighted by Crippen LogP contribution is -2.34. The average molecular weight is 618 g/mol. The fourth-order valence-electron chi connectivity index (χ4n) is 6.64. The lowest BCUT2D eigenvalue weighted by Gasteiger charge is -2.23. The molecule has 46 heavy (non-hydrogen) atoms. The van der Waals surface area contributed by atoms with Crippen LogP contribution in [0.25, 0.3) is 55.6 Å². The van der Waals surface area contributed by atoms with Gasteiger partial charge in [-0.25, -0.2) is 4.39 Å². The van der Waals surface area contributed by atoms with Gasteiger partial charge in [-0.2, -0.15) is 5.10 Å². The molecule has 8 rings (SSSR count). The topological polar surface area (TPSA) is 104 Å². The van der Waals surface area contributed by atoms with Crippen molar-refractivity contribution in [1.82, 2.24) is 35.4 Å². The van der Waals surface area contributed by atoms with Crippen molar-refractivity contribution in [3.63, 3.8) is 0 Å². The van der Waals surface area contributed by atoms with Gasteiger partial charge in [-0.15, -0.1) is 0 Å². The Morgan fingerprint density at radius 1 is 0.826 bits per heavy atom. The summed E-state index contributed by atoms with van der Waals surface area (Å²) in [5, 5.41) is 13.1. The third-order valence-corrected chi connectivity index (χ3v) is 9.02. The molecule has 2 fully saturated rings. The molecule has 234 valence electrons. The minimum absolute atomic E-state index is 0.203. The molecule has 6 heterocycles. The van der Waals surface area contributed by atoms with E-state index in [0.717, 1.165) is 95.6 Å². The van der Waals surface area contributed by atoms with Crippen LogP contribution in [0.3, 0.4) is 0 Å². The molecular formula is C36H36FN7O2. The van der Waals surface area contributed by atoms with E-state index in [1.54, 1.807) is 12.4 Å². The second-order valence-corrected chi connectivity index (χ2v) is 12.2. The molecule has 0 bridgehead atoms. The van der Waals surface area contributed by atoms with Crippen molar-refractivity contribution >= 4 is 21.8 Å². The lowest BCUT2D eigenvalue weighted by atomic mass is 10.0. The number of pyridine rings is 2. The largest absolute Gasteiger partial charge is 0.492 e. The highest BCUT2D eigenvalue weighted by Gasteiger charge is 2.18. The number of likely N-dealkylation sites (tertiary alicyclic amines) is 1. The molecule has 0 spiro atoms. The number of piperidine rings is 1. The Kier molecular flexibility index (Phi) is 7.81. The van der Waals surface area contributed by atoms with Crippen molar-refractivity contribution in [3.05, 3.63) is 79.0 Å². The molecule has 10 heteroatoms. The van der Waals surface area contributed by atoms with Crippen molar-refractivity contribution < 1.29 is 13.9 Å². The third-order valence-electron chi connectivity index (χ3n) is 9.02. The summed E-state index contributed by atoms with van der Waals surface area (Å²) in [7, 11) is 0. The number of nitrogens with zero attached hydrogens (tertiary/aromatic N) is 4. The Balaban J connectivity index is 1.08. The summed E-state index contributed by atoms with van der Waals surface area (Å²) in [6.07, 6.45) is 10.0. The highest BCUT2D eigenvalue weighted by Crippen LogP contribution is 2.36. The van der Waals surface area contributed by atoms with Gasteiger partial charge < -0.3 is 19.8 Å². The van der Waals surface area contributed by atoms with Crippen LogP contribution in [0.5, 0.6) is 11.5 Å². The number of nitrogens with one attached hydrogen (secondary N) is 3. The van der Waals surface area contributed by atoms with Crippen LogP contribution in [0.2, 0.25) is 0 Å². The number of aromatic amines is 2. The van der Waals surface area contributed by atoms with E-state index < -0.39 is 0 Å². The van der Waals surface area contributed by atoms with Gasteiger partial charge >= 0.3 is 0 Å². The van der Waals surface area contributed by atoms with Gasteiger partial charge in [-0.3, -0.25) is 20.0 Å². The molecule has 4 aromatic heterocycles. The van der Waals surface area contributed by atoms with Gasteiger partial charge in [0.05, 0.1) is 23.1 Å². The minimum atomic E-state index is -0.353. The molecule has 6 aromatic rings. The van der Waals surface area contributed by atoms with Crippen LogP contribution in [0.1, 0.15) is 25.7 Å². The smallest absolute Gasteiger partial charge is 0.138 e. The monoisotopic (exact) mass is 617 g/mol. The van der Waals surface area contributed by atoms with Crippen LogP contribution in [0.15, 0.2) is 73.2 Å². The molecule has 2 aromatic carbocycles. The number of ether oxygens (including phenoxy) is 2. The van der Waals surface area contributed by atoms with Crippen molar-refractivity contribution in [2.24, 2.45) is 0 Å². The first-order valence-electron chi connectivity index (χ1n) is 16.1. The SMILES string of the molecule is Fc1cc(OCCN2CCCC2)cc(-c2nccc3[nH]c(-c4n[nH]c5ccc(-c6cncc(OC7CCNCC7)c6)cc45)cc23)c1. The van der Waals surface area contributed by atoms with Gasteiger partial charge in [0.1, 0.15) is 35.7 Å². The van der Waals surface area contributed by atoms with Crippen LogP contribution < -0.4 is 14.8 Å². The Bertz CT molecular complexity index is 1990. The summed E-state index contributed by atoms with van der Waals surface area (Å²) < 4.78 is 27.0. The highest BCUT2D eigenvalue weighted by atomic mass is 19.1. The molecule has 0 saturated carbocycles. The van der Waals surface area contributed by atoms with Crippen LogP contribution >= 0.6 is 0 Å². The summed E-state index contributed by atoms with van der Waals surface area (Å²) in [4.78, 5) is 15.0. The molecule has 0 amide bonds. The average Bonchev–Trinajstić information content (AvgIpc) is 3.85. The maximum absolute atomic E-state index is 14.8. The Hall–Kier alpha value is -4.80. The van der Waals surface area contributed by atoms with Crippen LogP contribution in [0, 0.1) is 5.82 Å². The maximum Gasteiger partial charge on any atom is 0.138 e. The fraction of sp³-hybridized carbons (Fsp3) is 0.306. The normalized spacial score (nSPS) is 16.0. The molecule has 9 nitrogen and oxygen atoms in total. The molecule has 0 atom stereocenters. The number of hydrogen-bond donors (Lipinski definition) is 3. The van der Waals surface area contributed by atoms with Crippen LogP contribution in [-0.2, 0) is 0 Å². The van der Waals surface area contributed by atoms with Gasteiger partial charge in [-0.1, -0.05) is 6.07 Å². The first kappa shape index (κ1) is 28.7. The molecule has 2 aliphatic heterocycles. The van der Waals surface area contributed by atoms with E-state index in [9.17, 15) is 4.39 Å². The summed E-state index contributed by atoms with van der Waals surface area (Å²) >= 11 is 0. The number of rotatable bonds is 9. The van der Waals surface area contributed by atoms with Gasteiger partial charge in [0, 0.05) is 52.4 Å². The fourth-order valence-corrected chi connectivity index (χ4v) is 6.64. The number of benzene rings is 2. The number of hydrogen-bond acceptors (Lipinski definition) is 7. The Morgan fingerprint density at radius 2 is 1.67 bits per heavy atom. The van der Waals surface area contributed by atoms with E-state index in [4.69, 9.17) is 9.47 Å².